The van der Waals surface area contributed by atoms with Gasteiger partial charge in [0.1, 0.15) is 0 Å². The van der Waals surface area contributed by atoms with E-state index in [0.717, 1.165) is 11.1 Å². The van der Waals surface area contributed by atoms with E-state index in [2.05, 4.69) is 10.3 Å². The van der Waals surface area contributed by atoms with Crippen molar-refractivity contribution in [1.82, 2.24) is 9.88 Å². The lowest BCUT2D eigenvalue weighted by atomic mass is 10.1. The monoisotopic (exact) mass is 373 g/mol. The molecule has 3 aromatic rings. The second kappa shape index (κ2) is 8.95. The van der Waals surface area contributed by atoms with Gasteiger partial charge in [0.25, 0.3) is 11.8 Å². The molecule has 0 bridgehead atoms. The van der Waals surface area contributed by atoms with Crippen molar-refractivity contribution in [3.05, 3.63) is 95.3 Å². The summed E-state index contributed by atoms with van der Waals surface area (Å²) in [6.07, 6.45) is 2.96. The van der Waals surface area contributed by atoms with Crippen LogP contribution in [0, 0.1) is 6.92 Å². The van der Waals surface area contributed by atoms with E-state index >= 15 is 0 Å². The van der Waals surface area contributed by atoms with Gasteiger partial charge in [0.2, 0.25) is 0 Å². The molecule has 0 unspecified atom stereocenters. The van der Waals surface area contributed by atoms with Gasteiger partial charge in [-0.15, -0.1) is 0 Å². The number of amides is 2. The first kappa shape index (κ1) is 19.3. The highest BCUT2D eigenvalue weighted by Crippen LogP contribution is 2.14. The van der Waals surface area contributed by atoms with Gasteiger partial charge in [0.05, 0.1) is 11.1 Å². The van der Waals surface area contributed by atoms with E-state index in [4.69, 9.17) is 0 Å². The minimum atomic E-state index is -0.294. The molecule has 1 N–H and O–H groups in total. The summed E-state index contributed by atoms with van der Waals surface area (Å²) in [6.45, 7) is 4.99. The number of rotatable bonds is 6. The molecule has 0 saturated heterocycles. The molecule has 5 heteroatoms. The lowest BCUT2D eigenvalue weighted by Gasteiger charge is -2.21. The number of carbonyl (C=O) groups excluding carboxylic acids is 2. The predicted molar refractivity (Wildman–Crippen MR) is 110 cm³/mol. The van der Waals surface area contributed by atoms with Gasteiger partial charge in [-0.25, -0.2) is 0 Å². The second-order valence-electron chi connectivity index (χ2n) is 6.59. The van der Waals surface area contributed by atoms with Crippen molar-refractivity contribution in [2.45, 2.75) is 20.4 Å². The molecule has 3 rings (SSSR count). The zero-order valence-electron chi connectivity index (χ0n) is 16.1. The molecule has 2 aromatic carbocycles. The molecule has 0 saturated carbocycles. The van der Waals surface area contributed by atoms with Crippen LogP contribution in [0.25, 0.3) is 0 Å². The average Bonchev–Trinajstić information content (AvgIpc) is 2.74. The van der Waals surface area contributed by atoms with Crippen molar-refractivity contribution in [1.29, 1.82) is 0 Å². The lowest BCUT2D eigenvalue weighted by molar-refractivity contribution is 0.0752. The van der Waals surface area contributed by atoms with Gasteiger partial charge in [0.15, 0.2) is 0 Å². The van der Waals surface area contributed by atoms with Crippen LogP contribution < -0.4 is 5.32 Å². The molecule has 0 radical (unpaired) electrons. The van der Waals surface area contributed by atoms with E-state index in [9.17, 15) is 9.59 Å². The number of nitrogens with zero attached hydrogens (tertiary/aromatic N) is 2. The molecule has 28 heavy (non-hydrogen) atoms. The minimum absolute atomic E-state index is 0.149. The van der Waals surface area contributed by atoms with Crippen LogP contribution in [0.1, 0.15) is 38.8 Å². The number of aromatic nitrogens is 1. The third-order valence-electron chi connectivity index (χ3n) is 4.44. The number of pyridine rings is 1. The summed E-state index contributed by atoms with van der Waals surface area (Å²) in [6, 6.07) is 18.9. The van der Waals surface area contributed by atoms with Crippen molar-refractivity contribution >= 4 is 17.5 Å². The SMILES string of the molecule is CCN(Cc1ccccc1)C(=O)c1cncc(C(=O)Nc2ccc(C)cc2)c1. The molecule has 1 heterocycles. The van der Waals surface area contributed by atoms with Gasteiger partial charge < -0.3 is 10.2 Å². The molecule has 5 nitrogen and oxygen atoms in total. The quantitative estimate of drug-likeness (QED) is 0.700. The zero-order valence-corrected chi connectivity index (χ0v) is 16.1. The van der Waals surface area contributed by atoms with E-state index in [-0.39, 0.29) is 11.8 Å². The van der Waals surface area contributed by atoms with E-state index < -0.39 is 0 Å². The van der Waals surface area contributed by atoms with Gasteiger partial charge in [-0.3, -0.25) is 14.6 Å². The predicted octanol–water partition coefficient (Wildman–Crippen LogP) is 4.30. The van der Waals surface area contributed by atoms with Crippen LogP contribution >= 0.6 is 0 Å². The maximum Gasteiger partial charge on any atom is 0.257 e. The van der Waals surface area contributed by atoms with Crippen LogP contribution in [0.5, 0.6) is 0 Å². The molecule has 0 fully saturated rings. The average molecular weight is 373 g/mol. The molecule has 0 aliphatic heterocycles. The lowest BCUT2D eigenvalue weighted by Crippen LogP contribution is -2.30. The Morgan fingerprint density at radius 1 is 0.964 bits per heavy atom. The Morgan fingerprint density at radius 3 is 2.32 bits per heavy atom. The third kappa shape index (κ3) is 4.82. The number of carbonyl (C=O) groups is 2. The number of benzene rings is 2. The molecule has 0 aliphatic carbocycles. The molecular weight excluding hydrogens is 350 g/mol. The van der Waals surface area contributed by atoms with Crippen molar-refractivity contribution in [3.8, 4) is 0 Å². The Morgan fingerprint density at radius 2 is 1.64 bits per heavy atom. The normalized spacial score (nSPS) is 10.4. The standard InChI is InChI=1S/C23H23N3O2/c1-3-26(16-18-7-5-4-6-8-18)23(28)20-13-19(14-24-15-20)22(27)25-21-11-9-17(2)10-12-21/h4-15H,3,16H2,1-2H3,(H,25,27). The van der Waals surface area contributed by atoms with Crippen molar-refractivity contribution in [2.24, 2.45) is 0 Å². The first-order valence-corrected chi connectivity index (χ1v) is 9.23. The summed E-state index contributed by atoms with van der Waals surface area (Å²) in [7, 11) is 0. The zero-order chi connectivity index (χ0) is 19.9. The summed E-state index contributed by atoms with van der Waals surface area (Å²) in [5.41, 5.74) is 3.62. The van der Waals surface area contributed by atoms with Crippen LogP contribution in [0.15, 0.2) is 73.1 Å². The molecule has 0 atom stereocenters. The van der Waals surface area contributed by atoms with Crippen LogP contribution in [0.4, 0.5) is 5.69 Å². The highest BCUT2D eigenvalue weighted by atomic mass is 16.2. The summed E-state index contributed by atoms with van der Waals surface area (Å²) < 4.78 is 0. The third-order valence-corrected chi connectivity index (χ3v) is 4.44. The maximum absolute atomic E-state index is 12.9. The van der Waals surface area contributed by atoms with Crippen LogP contribution in [-0.4, -0.2) is 28.2 Å². The number of hydrogen-bond donors (Lipinski definition) is 1. The largest absolute Gasteiger partial charge is 0.335 e. The van der Waals surface area contributed by atoms with Gasteiger partial charge in [-0.2, -0.15) is 0 Å². The molecule has 1 aromatic heterocycles. The first-order chi connectivity index (χ1) is 13.6. The van der Waals surface area contributed by atoms with E-state index in [1.54, 1.807) is 11.0 Å². The molecule has 0 aliphatic rings. The Hall–Kier alpha value is -3.47. The summed E-state index contributed by atoms with van der Waals surface area (Å²) in [4.78, 5) is 31.3. The second-order valence-corrected chi connectivity index (χ2v) is 6.59. The Labute approximate surface area is 165 Å². The minimum Gasteiger partial charge on any atom is -0.335 e. The van der Waals surface area contributed by atoms with Gasteiger partial charge in [-0.05, 0) is 37.6 Å². The Kier molecular flexibility index (Phi) is 6.17. The summed E-state index contributed by atoms with van der Waals surface area (Å²) >= 11 is 0. The van der Waals surface area contributed by atoms with Crippen LogP contribution in [-0.2, 0) is 6.54 Å². The first-order valence-electron chi connectivity index (χ1n) is 9.23. The number of nitrogens with one attached hydrogen (secondary N) is 1. The van der Waals surface area contributed by atoms with E-state index in [1.807, 2.05) is 68.4 Å². The molecule has 142 valence electrons. The smallest absolute Gasteiger partial charge is 0.257 e. The van der Waals surface area contributed by atoms with Crippen molar-refractivity contribution < 1.29 is 9.59 Å². The number of anilines is 1. The summed E-state index contributed by atoms with van der Waals surface area (Å²) in [5.74, 6) is -0.444. The molecular formula is C23H23N3O2. The fourth-order valence-corrected chi connectivity index (χ4v) is 2.83. The highest BCUT2D eigenvalue weighted by molar-refractivity contribution is 6.05. The van der Waals surface area contributed by atoms with E-state index in [1.165, 1.54) is 12.4 Å². The molecule has 0 spiro atoms. The fraction of sp³-hybridized carbons (Fsp3) is 0.174. The number of aryl methyl sites for hydroxylation is 1. The van der Waals surface area contributed by atoms with Gasteiger partial charge >= 0.3 is 0 Å². The maximum atomic E-state index is 12.9. The van der Waals surface area contributed by atoms with Gasteiger partial charge in [0, 0.05) is 31.2 Å². The van der Waals surface area contributed by atoms with E-state index in [0.29, 0.717) is 29.9 Å². The number of hydrogen-bond acceptors (Lipinski definition) is 3. The van der Waals surface area contributed by atoms with Gasteiger partial charge in [-0.1, -0.05) is 48.0 Å². The summed E-state index contributed by atoms with van der Waals surface area (Å²) in [5, 5.41) is 2.83. The topological polar surface area (TPSA) is 62.3 Å². The van der Waals surface area contributed by atoms with Crippen molar-refractivity contribution in [3.63, 3.8) is 0 Å². The Bertz CT molecular complexity index is 953. The Balaban J connectivity index is 1.74. The molecule has 2 amide bonds. The van der Waals surface area contributed by atoms with Crippen LogP contribution in [0.3, 0.4) is 0 Å². The van der Waals surface area contributed by atoms with Crippen LogP contribution in [0.2, 0.25) is 0 Å². The fourth-order valence-electron chi connectivity index (χ4n) is 2.83. The highest BCUT2D eigenvalue weighted by Gasteiger charge is 2.17. The van der Waals surface area contributed by atoms with Crippen molar-refractivity contribution in [2.75, 3.05) is 11.9 Å².